The van der Waals surface area contributed by atoms with Crippen LogP contribution in [0.3, 0.4) is 0 Å². The molecule has 0 heterocycles. The van der Waals surface area contributed by atoms with E-state index >= 15 is 0 Å². The summed E-state index contributed by atoms with van der Waals surface area (Å²) < 4.78 is 12.7. The molecule has 1 rings (SSSR count). The lowest BCUT2D eigenvalue weighted by molar-refractivity contribution is 0.480. The molecule has 0 amide bonds. The topological polar surface area (TPSA) is 29.1 Å². The summed E-state index contributed by atoms with van der Waals surface area (Å²) in [5, 5.41) is 3.52. The number of nitrogens with one attached hydrogen (secondary N) is 1. The summed E-state index contributed by atoms with van der Waals surface area (Å²) >= 11 is 0. The zero-order valence-corrected chi connectivity index (χ0v) is 12.7. The number of rotatable bonds is 7. The van der Waals surface area contributed by atoms with Gasteiger partial charge in [0.25, 0.3) is 0 Å². The Bertz CT molecular complexity index is 392. The largest absolute Gasteiger partial charge is 0.316 e. The Balaban J connectivity index is 2.95. The summed E-state index contributed by atoms with van der Waals surface area (Å²) in [7, 11) is 1.04. The molecular weight excluding hydrogens is 242 g/mol. The molecule has 0 fully saturated rings. The van der Waals surface area contributed by atoms with E-state index in [1.54, 1.807) is 0 Å². The van der Waals surface area contributed by atoms with Gasteiger partial charge in [0.05, 0.1) is 16.0 Å². The zero-order valence-electron chi connectivity index (χ0n) is 11.9. The molecule has 3 atom stereocenters. The Kier molecular flexibility index (Phi) is 6.58. The maximum Gasteiger partial charge on any atom is 0.0579 e. The molecule has 2 nitrogen and oxygen atoms in total. The van der Waals surface area contributed by atoms with Gasteiger partial charge in [-0.2, -0.15) is 0 Å². The second-order valence-electron chi connectivity index (χ2n) is 4.69. The quantitative estimate of drug-likeness (QED) is 0.821. The molecule has 1 N–H and O–H groups in total. The molecule has 1 aromatic rings. The van der Waals surface area contributed by atoms with Crippen LogP contribution in [-0.2, 0) is 10.8 Å². The molecule has 0 aliphatic carbocycles. The van der Waals surface area contributed by atoms with Gasteiger partial charge in [-0.1, -0.05) is 38.5 Å². The molecular formula is C15H25NOS. The summed E-state index contributed by atoms with van der Waals surface area (Å²) in [6, 6.07) is 8.33. The first-order valence-electron chi connectivity index (χ1n) is 6.79. The van der Waals surface area contributed by atoms with Crippen molar-refractivity contribution in [3.8, 4) is 0 Å². The minimum Gasteiger partial charge on any atom is -0.316 e. The summed E-state index contributed by atoms with van der Waals surface area (Å²) in [5.74, 6) is 0. The van der Waals surface area contributed by atoms with Gasteiger partial charge in [0.15, 0.2) is 0 Å². The van der Waals surface area contributed by atoms with Crippen molar-refractivity contribution in [1.82, 2.24) is 5.32 Å². The fourth-order valence-electron chi connectivity index (χ4n) is 2.36. The highest BCUT2D eigenvalue weighted by Crippen LogP contribution is 2.21. The Morgan fingerprint density at radius 3 is 2.44 bits per heavy atom. The van der Waals surface area contributed by atoms with Crippen molar-refractivity contribution in [2.45, 2.75) is 56.2 Å². The zero-order chi connectivity index (χ0) is 13.5. The van der Waals surface area contributed by atoms with Crippen molar-refractivity contribution in [2.75, 3.05) is 7.05 Å². The Labute approximate surface area is 114 Å². The van der Waals surface area contributed by atoms with Gasteiger partial charge in [-0.3, -0.25) is 4.21 Å². The molecule has 3 heteroatoms. The Morgan fingerprint density at radius 2 is 1.94 bits per heavy atom. The molecule has 102 valence electrons. The SMILES string of the molecule is CCCC(NC)C(CC)S(=O)c1ccccc1C. The van der Waals surface area contributed by atoms with Gasteiger partial charge >= 0.3 is 0 Å². The van der Waals surface area contributed by atoms with Crippen LogP contribution >= 0.6 is 0 Å². The fourth-order valence-corrected chi connectivity index (χ4v) is 4.15. The van der Waals surface area contributed by atoms with Crippen LogP contribution in [0.2, 0.25) is 0 Å². The maximum absolute atomic E-state index is 12.7. The third-order valence-electron chi connectivity index (χ3n) is 3.41. The van der Waals surface area contributed by atoms with Gasteiger partial charge < -0.3 is 5.32 Å². The van der Waals surface area contributed by atoms with E-state index in [-0.39, 0.29) is 5.25 Å². The highest BCUT2D eigenvalue weighted by molar-refractivity contribution is 7.85. The van der Waals surface area contributed by atoms with Crippen LogP contribution in [0.1, 0.15) is 38.7 Å². The van der Waals surface area contributed by atoms with Gasteiger partial charge in [-0.05, 0) is 38.4 Å². The predicted molar refractivity (Wildman–Crippen MR) is 79.4 cm³/mol. The van der Waals surface area contributed by atoms with Crippen molar-refractivity contribution in [3.63, 3.8) is 0 Å². The van der Waals surface area contributed by atoms with Gasteiger partial charge in [-0.15, -0.1) is 0 Å². The smallest absolute Gasteiger partial charge is 0.0579 e. The van der Waals surface area contributed by atoms with Crippen LogP contribution in [0.15, 0.2) is 29.2 Å². The van der Waals surface area contributed by atoms with E-state index in [4.69, 9.17) is 0 Å². The number of hydrogen-bond acceptors (Lipinski definition) is 2. The van der Waals surface area contributed by atoms with E-state index in [0.29, 0.717) is 6.04 Å². The van der Waals surface area contributed by atoms with Gasteiger partial charge in [0.2, 0.25) is 0 Å². The van der Waals surface area contributed by atoms with Crippen molar-refractivity contribution in [2.24, 2.45) is 0 Å². The highest BCUT2D eigenvalue weighted by atomic mass is 32.2. The van der Waals surface area contributed by atoms with Crippen molar-refractivity contribution < 1.29 is 4.21 Å². The first kappa shape index (κ1) is 15.4. The van der Waals surface area contributed by atoms with E-state index in [1.807, 2.05) is 38.2 Å². The molecule has 0 saturated heterocycles. The Hall–Kier alpha value is -0.670. The monoisotopic (exact) mass is 267 g/mol. The standard InChI is InChI=1S/C15H25NOS/c1-5-9-13(16-4)14(6-2)18(17)15-11-8-7-10-12(15)3/h7-8,10-11,13-14,16H,5-6,9H2,1-4H3. The normalized spacial score (nSPS) is 16.2. The molecule has 1 aromatic carbocycles. The molecule has 0 aromatic heterocycles. The second kappa shape index (κ2) is 7.70. The van der Waals surface area contributed by atoms with E-state index in [9.17, 15) is 4.21 Å². The minimum absolute atomic E-state index is 0.191. The fraction of sp³-hybridized carbons (Fsp3) is 0.600. The predicted octanol–water partition coefficient (Wildman–Crippen LogP) is 3.27. The molecule has 0 spiro atoms. The van der Waals surface area contributed by atoms with Crippen molar-refractivity contribution in [3.05, 3.63) is 29.8 Å². The van der Waals surface area contributed by atoms with E-state index in [2.05, 4.69) is 19.2 Å². The molecule has 0 saturated carbocycles. The molecule has 0 aliphatic rings. The highest BCUT2D eigenvalue weighted by Gasteiger charge is 2.25. The van der Waals surface area contributed by atoms with E-state index < -0.39 is 10.8 Å². The van der Waals surface area contributed by atoms with Crippen LogP contribution in [-0.4, -0.2) is 22.5 Å². The van der Waals surface area contributed by atoms with Crippen LogP contribution < -0.4 is 5.32 Å². The molecule has 0 bridgehead atoms. The first-order valence-corrected chi connectivity index (χ1v) is 8.00. The lowest BCUT2D eigenvalue weighted by Crippen LogP contribution is -2.40. The molecule has 18 heavy (non-hydrogen) atoms. The van der Waals surface area contributed by atoms with Crippen molar-refractivity contribution in [1.29, 1.82) is 0 Å². The van der Waals surface area contributed by atoms with E-state index in [1.165, 1.54) is 0 Å². The summed E-state index contributed by atoms with van der Waals surface area (Å²) in [6.45, 7) is 6.34. The van der Waals surface area contributed by atoms with Crippen LogP contribution in [0.25, 0.3) is 0 Å². The molecule has 0 radical (unpaired) electrons. The number of aryl methyl sites for hydroxylation is 1. The third-order valence-corrected chi connectivity index (χ3v) is 5.51. The van der Waals surface area contributed by atoms with Gasteiger partial charge in [0.1, 0.15) is 0 Å². The molecule has 3 unspecified atom stereocenters. The van der Waals surface area contributed by atoms with Crippen LogP contribution in [0, 0.1) is 6.92 Å². The second-order valence-corrected chi connectivity index (χ2v) is 6.33. The van der Waals surface area contributed by atoms with Crippen LogP contribution in [0.5, 0.6) is 0 Å². The lowest BCUT2D eigenvalue weighted by atomic mass is 10.1. The van der Waals surface area contributed by atoms with Gasteiger partial charge in [0, 0.05) is 10.9 Å². The summed E-state index contributed by atoms with van der Waals surface area (Å²) in [6.07, 6.45) is 3.13. The maximum atomic E-state index is 12.7. The third kappa shape index (κ3) is 3.66. The first-order chi connectivity index (χ1) is 8.65. The van der Waals surface area contributed by atoms with Crippen molar-refractivity contribution >= 4 is 10.8 Å². The Morgan fingerprint density at radius 1 is 1.28 bits per heavy atom. The lowest BCUT2D eigenvalue weighted by Gasteiger charge is -2.25. The van der Waals surface area contributed by atoms with Crippen LogP contribution in [0.4, 0.5) is 0 Å². The average Bonchev–Trinajstić information content (AvgIpc) is 2.38. The number of hydrogen-bond donors (Lipinski definition) is 1. The average molecular weight is 267 g/mol. The minimum atomic E-state index is -0.927. The van der Waals surface area contributed by atoms with E-state index in [0.717, 1.165) is 29.7 Å². The summed E-state index contributed by atoms with van der Waals surface area (Å²) in [5.41, 5.74) is 1.13. The number of benzene rings is 1. The van der Waals surface area contributed by atoms with Gasteiger partial charge in [-0.25, -0.2) is 0 Å². The summed E-state index contributed by atoms with van der Waals surface area (Å²) in [4.78, 5) is 0.987. The molecule has 0 aliphatic heterocycles.